The highest BCUT2D eigenvalue weighted by molar-refractivity contribution is 9.10. The molecule has 0 unspecified atom stereocenters. The van der Waals surface area contributed by atoms with E-state index in [1.165, 1.54) is 12.1 Å². The van der Waals surface area contributed by atoms with Gasteiger partial charge in [0.1, 0.15) is 6.61 Å². The first kappa shape index (κ1) is 29.7. The van der Waals surface area contributed by atoms with Crippen LogP contribution in [0.5, 0.6) is 11.5 Å². The van der Waals surface area contributed by atoms with Crippen LogP contribution in [0.2, 0.25) is 10.0 Å². The summed E-state index contributed by atoms with van der Waals surface area (Å²) < 4.78 is 35.3. The van der Waals surface area contributed by atoms with Crippen LogP contribution in [-0.4, -0.2) is 21.6 Å². The number of sulfonamides is 1. The van der Waals surface area contributed by atoms with E-state index >= 15 is 0 Å². The molecule has 35 heavy (non-hydrogen) atoms. The van der Waals surface area contributed by atoms with Gasteiger partial charge in [-0.1, -0.05) is 41.4 Å². The fraction of sp³-hybridized carbons (Fsp3) is 0.250. The normalized spacial score (nSPS) is 11.1. The molecule has 0 aromatic heterocycles. The number of primary sulfonamides is 1. The molecule has 6 nitrogen and oxygen atoms in total. The average Bonchev–Trinajstić information content (AvgIpc) is 2.77. The molecule has 0 saturated heterocycles. The molecule has 0 radical (unpaired) electrons. The molecule has 3 rings (SSSR count). The zero-order valence-corrected chi connectivity index (χ0v) is 23.5. The van der Waals surface area contributed by atoms with Crippen LogP contribution in [0.1, 0.15) is 23.6 Å². The molecule has 0 atom stereocenters. The van der Waals surface area contributed by atoms with Crippen molar-refractivity contribution in [2.24, 2.45) is 5.14 Å². The van der Waals surface area contributed by atoms with Gasteiger partial charge in [-0.2, -0.15) is 0 Å². The maximum atomic E-state index is 11.4. The Labute approximate surface area is 230 Å². The maximum absolute atomic E-state index is 11.4. The molecule has 3 aromatic carbocycles. The van der Waals surface area contributed by atoms with Gasteiger partial charge in [-0.25, -0.2) is 13.6 Å². The highest BCUT2D eigenvalue weighted by Crippen LogP contribution is 2.38. The Morgan fingerprint density at radius 2 is 1.71 bits per heavy atom. The third-order valence-corrected chi connectivity index (χ3v) is 7.03. The first-order chi connectivity index (χ1) is 16.2. The molecule has 0 aliphatic carbocycles. The Hall–Kier alpha value is -1.52. The molecule has 3 N–H and O–H groups in total. The van der Waals surface area contributed by atoms with Gasteiger partial charge in [0.25, 0.3) is 0 Å². The summed E-state index contributed by atoms with van der Waals surface area (Å²) in [4.78, 5) is 0.109. The second-order valence-corrected chi connectivity index (χ2v) is 10.7. The molecule has 0 spiro atoms. The van der Waals surface area contributed by atoms with Crippen molar-refractivity contribution in [3.05, 3.63) is 85.8 Å². The Morgan fingerprint density at radius 3 is 2.34 bits per heavy atom. The summed E-state index contributed by atoms with van der Waals surface area (Å²) in [5.74, 6) is 1.24. The lowest BCUT2D eigenvalue weighted by Gasteiger charge is -2.16. The highest BCUT2D eigenvalue weighted by atomic mass is 79.9. The molecule has 0 amide bonds. The molecule has 0 bridgehead atoms. The number of ether oxygens (including phenoxy) is 2. The summed E-state index contributed by atoms with van der Waals surface area (Å²) in [6, 6.07) is 15.8. The van der Waals surface area contributed by atoms with Crippen molar-refractivity contribution in [2.45, 2.75) is 31.4 Å². The molecule has 3 aromatic rings. The predicted molar refractivity (Wildman–Crippen MR) is 139 cm³/mol. The molecule has 0 saturated carbocycles. The van der Waals surface area contributed by atoms with E-state index in [2.05, 4.69) is 21.2 Å². The van der Waals surface area contributed by atoms with E-state index < -0.39 is 10.0 Å². The van der Waals surface area contributed by atoms with Crippen LogP contribution >= 0.6 is 39.1 Å². The maximum Gasteiger partial charge on any atom is 0.238 e. The van der Waals surface area contributed by atoms with Crippen LogP contribution in [0.15, 0.2) is 64.0 Å². The van der Waals surface area contributed by atoms with Gasteiger partial charge in [0.2, 0.25) is 10.0 Å². The van der Waals surface area contributed by atoms with Crippen LogP contribution < -0.4 is 32.3 Å². The summed E-state index contributed by atoms with van der Waals surface area (Å²) in [6.45, 7) is 4.02. The molecule has 0 aliphatic heterocycles. The second kappa shape index (κ2) is 13.7. The quantitative estimate of drug-likeness (QED) is 0.321. The smallest absolute Gasteiger partial charge is 0.238 e. The van der Waals surface area contributed by atoms with E-state index in [9.17, 15) is 8.42 Å². The largest absolute Gasteiger partial charge is 1.00 e. The SMILES string of the molecule is CCOc1cc(CNCCc2ccc(S(N)(=O)=O)cc2)cc(Br)c1OCc1ccc(Cl)cc1Cl.[Cl-]. The van der Waals surface area contributed by atoms with Crippen molar-refractivity contribution in [1.82, 2.24) is 5.32 Å². The molecule has 190 valence electrons. The van der Waals surface area contributed by atoms with E-state index in [1.807, 2.05) is 25.1 Å². The van der Waals surface area contributed by atoms with Gasteiger partial charge >= 0.3 is 0 Å². The monoisotopic (exact) mass is 621 g/mol. The first-order valence-electron chi connectivity index (χ1n) is 10.5. The lowest BCUT2D eigenvalue weighted by molar-refractivity contribution is -0.0000100. The summed E-state index contributed by atoms with van der Waals surface area (Å²) in [5.41, 5.74) is 2.86. The van der Waals surface area contributed by atoms with E-state index in [4.69, 9.17) is 37.8 Å². The predicted octanol–water partition coefficient (Wildman–Crippen LogP) is 2.72. The van der Waals surface area contributed by atoms with E-state index in [0.717, 1.165) is 27.6 Å². The zero-order chi connectivity index (χ0) is 24.7. The number of hydrogen-bond donors (Lipinski definition) is 2. The van der Waals surface area contributed by atoms with Crippen LogP contribution in [0.4, 0.5) is 0 Å². The standard InChI is InChI=1S/C24H25BrCl2N2O4S.ClH/c1-2-32-23-12-17(14-29-10-9-16-3-7-20(8-4-16)34(28,30)31)11-21(25)24(23)33-15-18-5-6-19(26)13-22(18)27;/h3-8,11-13,29H,2,9-10,14-15H2,1H3,(H2,28,30,31);1H/p-1. The molecule has 0 fully saturated rings. The third-order valence-electron chi connectivity index (χ3n) is 4.93. The number of hydrogen-bond acceptors (Lipinski definition) is 5. The van der Waals surface area contributed by atoms with Gasteiger partial charge in [-0.3, -0.25) is 0 Å². The number of halogens is 4. The minimum atomic E-state index is -3.68. The van der Waals surface area contributed by atoms with Crippen LogP contribution in [0, 0.1) is 0 Å². The molecule has 0 aliphatic rings. The van der Waals surface area contributed by atoms with E-state index in [0.29, 0.717) is 41.2 Å². The Balaban J connectivity index is 0.00000432. The number of rotatable bonds is 11. The molecular formula is C24H25BrCl3N2O4S-. The Kier molecular flexibility index (Phi) is 11.6. The van der Waals surface area contributed by atoms with Crippen molar-refractivity contribution in [3.8, 4) is 11.5 Å². The number of nitrogens with one attached hydrogen (secondary N) is 1. The lowest BCUT2D eigenvalue weighted by atomic mass is 10.1. The van der Waals surface area contributed by atoms with Crippen LogP contribution in [-0.2, 0) is 29.6 Å². The third kappa shape index (κ3) is 8.82. The minimum absolute atomic E-state index is 0. The number of nitrogens with two attached hydrogens (primary N) is 1. The average molecular weight is 624 g/mol. The second-order valence-electron chi connectivity index (χ2n) is 7.48. The molecule has 11 heteroatoms. The Bertz CT molecular complexity index is 1240. The summed E-state index contributed by atoms with van der Waals surface area (Å²) in [6.07, 6.45) is 0.743. The van der Waals surface area contributed by atoms with Crippen molar-refractivity contribution < 1.29 is 30.3 Å². The molecule has 0 heterocycles. The fourth-order valence-corrected chi connectivity index (χ4v) is 4.81. The first-order valence-corrected chi connectivity index (χ1v) is 13.6. The lowest BCUT2D eigenvalue weighted by Crippen LogP contribution is -3.00. The zero-order valence-electron chi connectivity index (χ0n) is 18.9. The summed E-state index contributed by atoms with van der Waals surface area (Å²) in [5, 5.41) is 9.64. The van der Waals surface area contributed by atoms with E-state index in [-0.39, 0.29) is 23.9 Å². The van der Waals surface area contributed by atoms with Crippen molar-refractivity contribution in [3.63, 3.8) is 0 Å². The van der Waals surface area contributed by atoms with Crippen LogP contribution in [0.25, 0.3) is 0 Å². The number of benzene rings is 3. The van der Waals surface area contributed by atoms with Gasteiger partial charge in [0.15, 0.2) is 11.5 Å². The molecular weight excluding hydrogens is 599 g/mol. The van der Waals surface area contributed by atoms with Gasteiger partial charge in [-0.05, 0) is 83.3 Å². The summed E-state index contributed by atoms with van der Waals surface area (Å²) in [7, 11) is -3.68. The topological polar surface area (TPSA) is 90.6 Å². The highest BCUT2D eigenvalue weighted by Gasteiger charge is 2.14. The van der Waals surface area contributed by atoms with E-state index in [1.54, 1.807) is 24.3 Å². The minimum Gasteiger partial charge on any atom is -1.00 e. The fourth-order valence-electron chi connectivity index (χ4n) is 3.23. The van der Waals surface area contributed by atoms with Crippen LogP contribution in [0.3, 0.4) is 0 Å². The van der Waals surface area contributed by atoms with Gasteiger partial charge in [-0.15, -0.1) is 0 Å². The van der Waals surface area contributed by atoms with Gasteiger partial charge in [0.05, 0.1) is 16.0 Å². The van der Waals surface area contributed by atoms with Crippen molar-refractivity contribution >= 4 is 49.2 Å². The van der Waals surface area contributed by atoms with Crippen molar-refractivity contribution in [2.75, 3.05) is 13.2 Å². The Morgan fingerprint density at radius 1 is 1.00 bits per heavy atom. The van der Waals surface area contributed by atoms with Crippen molar-refractivity contribution in [1.29, 1.82) is 0 Å². The summed E-state index contributed by atoms with van der Waals surface area (Å²) >= 11 is 15.8. The van der Waals surface area contributed by atoms with Gasteiger partial charge in [0, 0.05) is 22.2 Å². The van der Waals surface area contributed by atoms with Gasteiger partial charge < -0.3 is 27.2 Å².